The number of carbonyl (C=O) groups is 3. The minimum absolute atomic E-state index is 0.00642. The lowest BCUT2D eigenvalue weighted by Crippen LogP contribution is -2.53. The summed E-state index contributed by atoms with van der Waals surface area (Å²) in [5.74, 6) is -2.10. The monoisotopic (exact) mass is 498 g/mol. The van der Waals surface area contributed by atoms with Crippen LogP contribution in [0.3, 0.4) is 0 Å². The summed E-state index contributed by atoms with van der Waals surface area (Å²) in [4.78, 5) is 41.8. The maximum absolute atomic E-state index is 15.3. The van der Waals surface area contributed by atoms with Crippen molar-refractivity contribution in [1.82, 2.24) is 9.80 Å². The number of carbonyl (C=O) groups excluding carboxylic acids is 3. The molecule has 8 heteroatoms. The maximum atomic E-state index is 15.3. The highest BCUT2D eigenvalue weighted by Crippen LogP contribution is 2.40. The number of hydrogen-bond acceptors (Lipinski definition) is 5. The molecule has 0 N–H and O–H groups in total. The molecule has 0 aliphatic carbocycles. The number of rotatable bonds is 6. The molecule has 1 heterocycles. The molecule has 1 aliphatic heterocycles. The Morgan fingerprint density at radius 3 is 2.25 bits per heavy atom. The highest BCUT2D eigenvalue weighted by Gasteiger charge is 2.55. The molecular weight excluding hydrogens is 463 g/mol. The molecule has 0 bridgehead atoms. The van der Waals surface area contributed by atoms with Crippen LogP contribution >= 0.6 is 0 Å². The molecule has 2 aromatic rings. The van der Waals surface area contributed by atoms with Gasteiger partial charge in [-0.05, 0) is 32.4 Å². The van der Waals surface area contributed by atoms with Crippen molar-refractivity contribution in [3.63, 3.8) is 0 Å². The van der Waals surface area contributed by atoms with Gasteiger partial charge in [0.05, 0.1) is 5.92 Å². The average Bonchev–Trinajstić information content (AvgIpc) is 3.05. The zero-order chi connectivity index (χ0) is 26.8. The van der Waals surface area contributed by atoms with E-state index < -0.39 is 47.0 Å². The van der Waals surface area contributed by atoms with Crippen LogP contribution in [0.4, 0.5) is 9.18 Å². The van der Waals surface area contributed by atoms with E-state index in [9.17, 15) is 14.4 Å². The molecule has 3 unspecified atom stereocenters. The summed E-state index contributed by atoms with van der Waals surface area (Å²) in [5, 5.41) is 0. The smallest absolute Gasteiger partial charge is 0.412 e. The van der Waals surface area contributed by atoms with Crippen LogP contribution in [0.1, 0.15) is 58.6 Å². The highest BCUT2D eigenvalue weighted by molar-refractivity contribution is 5.93. The van der Waals surface area contributed by atoms with Crippen molar-refractivity contribution >= 4 is 18.3 Å². The van der Waals surface area contributed by atoms with Crippen LogP contribution in [0, 0.1) is 11.2 Å². The van der Waals surface area contributed by atoms with E-state index in [4.69, 9.17) is 9.47 Å². The Bertz CT molecular complexity index is 1110. The Morgan fingerprint density at radius 2 is 1.72 bits per heavy atom. The molecule has 7 nitrogen and oxygen atoms in total. The van der Waals surface area contributed by atoms with Gasteiger partial charge in [-0.3, -0.25) is 9.69 Å². The molecule has 36 heavy (non-hydrogen) atoms. The van der Waals surface area contributed by atoms with Crippen molar-refractivity contribution in [2.24, 2.45) is 5.41 Å². The summed E-state index contributed by atoms with van der Waals surface area (Å²) < 4.78 is 26.6. The summed E-state index contributed by atoms with van der Waals surface area (Å²) in [6.45, 7) is 11.1. The number of aldehydes is 1. The van der Waals surface area contributed by atoms with Crippen molar-refractivity contribution in [3.05, 3.63) is 65.5 Å². The van der Waals surface area contributed by atoms with Gasteiger partial charge in [0.25, 0.3) is 0 Å². The van der Waals surface area contributed by atoms with Gasteiger partial charge in [-0.15, -0.1) is 0 Å². The fraction of sp³-hybridized carbons (Fsp3) is 0.464. The minimum Gasteiger partial charge on any atom is -0.489 e. The number of ether oxygens (including phenoxy) is 2. The predicted molar refractivity (Wildman–Crippen MR) is 134 cm³/mol. The third-order valence-corrected chi connectivity index (χ3v) is 5.98. The third-order valence-electron chi connectivity index (χ3n) is 5.98. The van der Waals surface area contributed by atoms with Gasteiger partial charge in [0.1, 0.15) is 42.3 Å². The van der Waals surface area contributed by atoms with E-state index in [1.165, 1.54) is 21.9 Å². The van der Waals surface area contributed by atoms with E-state index in [0.717, 1.165) is 5.56 Å². The standard InChI is InChI=1S/C28H35FN2O5/c1-27(2,3)25-30(7)24(33)23(31(25)26(34)36-28(4,5)6)21(16-32)20-14-13-19(15-22(20)29)35-17-18-11-9-8-10-12-18/h8-16,21,23,25H,17H2,1-7H3. The zero-order valence-electron chi connectivity index (χ0n) is 21.9. The lowest BCUT2D eigenvalue weighted by atomic mass is 9.89. The van der Waals surface area contributed by atoms with Gasteiger partial charge >= 0.3 is 6.09 Å². The van der Waals surface area contributed by atoms with Gasteiger partial charge in [0.2, 0.25) is 5.91 Å². The van der Waals surface area contributed by atoms with Gasteiger partial charge < -0.3 is 19.2 Å². The van der Waals surface area contributed by atoms with Gasteiger partial charge in [-0.1, -0.05) is 57.2 Å². The van der Waals surface area contributed by atoms with Crippen LogP contribution < -0.4 is 4.74 Å². The van der Waals surface area contributed by atoms with Crippen molar-refractivity contribution in [3.8, 4) is 5.75 Å². The fourth-order valence-electron chi connectivity index (χ4n) is 4.57. The van der Waals surface area contributed by atoms with Gasteiger partial charge in [0.15, 0.2) is 0 Å². The number of likely N-dealkylation sites (N-methyl/N-ethyl adjacent to an activating group) is 1. The first-order valence-corrected chi connectivity index (χ1v) is 11.9. The molecule has 2 amide bonds. The Labute approximate surface area is 212 Å². The molecule has 194 valence electrons. The van der Waals surface area contributed by atoms with E-state index in [1.807, 2.05) is 51.1 Å². The maximum Gasteiger partial charge on any atom is 0.412 e. The Morgan fingerprint density at radius 1 is 1.08 bits per heavy atom. The average molecular weight is 499 g/mol. The Kier molecular flexibility index (Phi) is 7.76. The van der Waals surface area contributed by atoms with Gasteiger partial charge in [0, 0.05) is 24.1 Å². The topological polar surface area (TPSA) is 76.2 Å². The summed E-state index contributed by atoms with van der Waals surface area (Å²) in [6.07, 6.45) is -0.911. The number of hydrogen-bond donors (Lipinski definition) is 0. The van der Waals surface area contributed by atoms with E-state index in [1.54, 1.807) is 33.9 Å². The Hall–Kier alpha value is -3.42. The molecule has 0 radical (unpaired) electrons. The number of amides is 2. The first-order valence-electron chi connectivity index (χ1n) is 11.9. The van der Waals surface area contributed by atoms with E-state index in [0.29, 0.717) is 6.29 Å². The van der Waals surface area contributed by atoms with Crippen LogP contribution in [0.25, 0.3) is 0 Å². The summed E-state index contributed by atoms with van der Waals surface area (Å²) >= 11 is 0. The normalized spacial score (nSPS) is 19.3. The molecule has 3 rings (SSSR count). The molecule has 1 saturated heterocycles. The number of halogens is 1. The first-order chi connectivity index (χ1) is 16.7. The second-order valence-electron chi connectivity index (χ2n) is 11.1. The quantitative estimate of drug-likeness (QED) is 0.516. The van der Waals surface area contributed by atoms with E-state index >= 15 is 4.39 Å². The Balaban J connectivity index is 1.96. The lowest BCUT2D eigenvalue weighted by Gasteiger charge is -2.40. The molecule has 0 spiro atoms. The molecule has 2 aromatic carbocycles. The lowest BCUT2D eigenvalue weighted by molar-refractivity contribution is -0.131. The first kappa shape index (κ1) is 27.2. The van der Waals surface area contributed by atoms with Crippen LogP contribution in [0.15, 0.2) is 48.5 Å². The van der Waals surface area contributed by atoms with Crippen LogP contribution in [0.5, 0.6) is 5.75 Å². The predicted octanol–water partition coefficient (Wildman–Crippen LogP) is 5.14. The largest absolute Gasteiger partial charge is 0.489 e. The second-order valence-corrected chi connectivity index (χ2v) is 11.1. The van der Waals surface area contributed by atoms with Crippen LogP contribution in [0.2, 0.25) is 0 Å². The van der Waals surface area contributed by atoms with Crippen LogP contribution in [-0.4, -0.2) is 52.9 Å². The van der Waals surface area contributed by atoms with Crippen molar-refractivity contribution < 1.29 is 28.2 Å². The second kappa shape index (κ2) is 10.3. The molecular formula is C28H35FN2O5. The summed E-state index contributed by atoms with van der Waals surface area (Å²) in [7, 11) is 1.58. The number of nitrogens with zero attached hydrogens (tertiary/aromatic N) is 2. The molecule has 0 aromatic heterocycles. The fourth-order valence-corrected chi connectivity index (χ4v) is 4.57. The van der Waals surface area contributed by atoms with Gasteiger partial charge in [-0.25, -0.2) is 9.18 Å². The van der Waals surface area contributed by atoms with E-state index in [2.05, 4.69) is 0 Å². The molecule has 0 saturated carbocycles. The van der Waals surface area contributed by atoms with Crippen molar-refractivity contribution in [2.45, 2.75) is 71.9 Å². The van der Waals surface area contributed by atoms with E-state index in [-0.39, 0.29) is 17.9 Å². The van der Waals surface area contributed by atoms with Gasteiger partial charge in [-0.2, -0.15) is 0 Å². The highest BCUT2D eigenvalue weighted by atomic mass is 19.1. The molecule has 1 aliphatic rings. The summed E-state index contributed by atoms with van der Waals surface area (Å²) in [6, 6.07) is 12.4. The third kappa shape index (κ3) is 5.86. The van der Waals surface area contributed by atoms with Crippen molar-refractivity contribution in [2.75, 3.05) is 7.05 Å². The number of benzene rings is 2. The SMILES string of the molecule is CN1C(=O)C(C(C=O)c2ccc(OCc3ccccc3)cc2F)N(C(=O)OC(C)(C)C)C1C(C)(C)C. The minimum atomic E-state index is -1.25. The van der Waals surface area contributed by atoms with Crippen LogP contribution in [-0.2, 0) is 20.9 Å². The molecule has 3 atom stereocenters. The van der Waals surface area contributed by atoms with Crippen molar-refractivity contribution in [1.29, 1.82) is 0 Å². The zero-order valence-corrected chi connectivity index (χ0v) is 21.9. The summed E-state index contributed by atoms with van der Waals surface area (Å²) in [5.41, 5.74) is -0.453. The molecule has 1 fully saturated rings.